The molecular formula is C65H76ClN11O11. The molecule has 464 valence electrons. The third-order valence-electron chi connectivity index (χ3n) is 15.0. The highest BCUT2D eigenvalue weighted by Crippen LogP contribution is 2.22. The lowest BCUT2D eigenvalue weighted by Gasteiger charge is -2.29. The highest BCUT2D eigenvalue weighted by molar-refractivity contribution is 6.30. The zero-order valence-corrected chi connectivity index (χ0v) is 49.5. The van der Waals surface area contributed by atoms with Crippen molar-refractivity contribution in [1.29, 1.82) is 0 Å². The molecule has 22 nitrogen and oxygen atoms in total. The molecule has 23 heteroatoms. The Balaban J connectivity index is 1.16. The molecule has 1 heterocycles. The maximum Gasteiger partial charge on any atom is 0.245 e. The molecule has 7 rings (SSSR count). The van der Waals surface area contributed by atoms with Crippen LogP contribution in [0.1, 0.15) is 60.9 Å². The van der Waals surface area contributed by atoms with Crippen LogP contribution in [0.3, 0.4) is 0 Å². The van der Waals surface area contributed by atoms with Crippen molar-refractivity contribution in [3.8, 4) is 5.75 Å². The first-order chi connectivity index (χ1) is 42.1. The number of carbonyl (C=O) groups excluding carboxylic acids is 8. The lowest BCUT2D eigenvalue weighted by molar-refractivity contribution is -0.137. The number of H-pyrrole nitrogens is 1. The Morgan fingerprint density at radius 1 is 0.489 bits per heavy atom. The number of primary amides is 1. The van der Waals surface area contributed by atoms with E-state index in [-0.39, 0.29) is 57.2 Å². The van der Waals surface area contributed by atoms with E-state index in [0.717, 1.165) is 16.3 Å². The molecule has 0 aliphatic carbocycles. The van der Waals surface area contributed by atoms with Crippen LogP contribution >= 0.6 is 11.6 Å². The first-order valence-electron chi connectivity index (χ1n) is 29.0. The molecule has 0 unspecified atom stereocenters. The summed E-state index contributed by atoms with van der Waals surface area (Å²) in [6.45, 7) is 2.69. The smallest absolute Gasteiger partial charge is 0.245 e. The van der Waals surface area contributed by atoms with Gasteiger partial charge in [0.25, 0.3) is 0 Å². The molecule has 0 saturated carbocycles. The summed E-state index contributed by atoms with van der Waals surface area (Å²) in [6.07, 6.45) is -1.11. The zero-order chi connectivity index (χ0) is 63.4. The lowest BCUT2D eigenvalue weighted by Crippen LogP contribution is -2.62. The van der Waals surface area contributed by atoms with Gasteiger partial charge in [0.1, 0.15) is 48.0 Å². The van der Waals surface area contributed by atoms with Gasteiger partial charge in [0, 0.05) is 47.8 Å². The van der Waals surface area contributed by atoms with Crippen molar-refractivity contribution in [2.45, 2.75) is 126 Å². The van der Waals surface area contributed by atoms with Gasteiger partial charge in [-0.15, -0.1) is 0 Å². The van der Waals surface area contributed by atoms with E-state index < -0.39 is 108 Å². The number of unbranched alkanes of at least 4 members (excludes halogenated alkanes) is 1. The number of benzene rings is 6. The van der Waals surface area contributed by atoms with Gasteiger partial charge in [0.15, 0.2) is 0 Å². The monoisotopic (exact) mass is 1220 g/mol. The maximum absolute atomic E-state index is 15.1. The van der Waals surface area contributed by atoms with Crippen molar-refractivity contribution in [3.63, 3.8) is 0 Å². The van der Waals surface area contributed by atoms with Gasteiger partial charge >= 0.3 is 0 Å². The number of phenolic OH excluding ortho intramolecular Hbond substituents is 1. The number of aromatic hydroxyl groups is 1. The average Bonchev–Trinajstić information content (AvgIpc) is 4.20. The minimum atomic E-state index is -1.74. The van der Waals surface area contributed by atoms with Crippen molar-refractivity contribution in [2.24, 2.45) is 17.2 Å². The van der Waals surface area contributed by atoms with Gasteiger partial charge in [0.05, 0.1) is 18.2 Å². The summed E-state index contributed by atoms with van der Waals surface area (Å²) in [7, 11) is 0. The molecule has 8 amide bonds. The molecule has 1 aromatic heterocycles. The minimum Gasteiger partial charge on any atom is -0.508 e. The summed E-state index contributed by atoms with van der Waals surface area (Å²) in [5.74, 6) is -7.12. The molecule has 10 atom stereocenters. The Hall–Kier alpha value is -9.19. The number of rotatable bonds is 31. The molecule has 88 heavy (non-hydrogen) atoms. The number of fused-ring (bicyclic) bond motifs is 2. The predicted octanol–water partition coefficient (Wildman–Crippen LogP) is 2.29. The number of nitrogens with one attached hydrogen (secondary N) is 8. The number of aliphatic hydroxyl groups excluding tert-OH is 2. The van der Waals surface area contributed by atoms with E-state index >= 15 is 9.59 Å². The van der Waals surface area contributed by atoms with E-state index in [0.29, 0.717) is 44.6 Å². The highest BCUT2D eigenvalue weighted by Gasteiger charge is 2.37. The topological polar surface area (TPSA) is 375 Å². The second-order valence-corrected chi connectivity index (χ2v) is 22.3. The number of carbonyl (C=O) groups is 8. The van der Waals surface area contributed by atoms with Crippen molar-refractivity contribution in [3.05, 3.63) is 185 Å². The molecule has 0 spiro atoms. The summed E-state index contributed by atoms with van der Waals surface area (Å²) in [5.41, 5.74) is 21.6. The Bertz CT molecular complexity index is 3530. The molecular weight excluding hydrogens is 1150 g/mol. The lowest BCUT2D eigenvalue weighted by atomic mass is 9.99. The molecule has 17 N–H and O–H groups in total. The summed E-state index contributed by atoms with van der Waals surface area (Å²) in [6, 6.07) is 30.3. The van der Waals surface area contributed by atoms with E-state index in [2.05, 4.69) is 42.2 Å². The number of hydrogen-bond acceptors (Lipinski definition) is 13. The molecule has 6 aromatic carbocycles. The first-order valence-corrected chi connectivity index (χ1v) is 29.4. The third kappa shape index (κ3) is 19.2. The van der Waals surface area contributed by atoms with E-state index in [1.807, 2.05) is 60.7 Å². The number of aromatic amines is 1. The number of amides is 8. The van der Waals surface area contributed by atoms with Gasteiger partial charge in [-0.3, -0.25) is 38.4 Å². The van der Waals surface area contributed by atoms with Gasteiger partial charge in [0.2, 0.25) is 47.3 Å². The minimum absolute atomic E-state index is 0.0459. The fourth-order valence-corrected chi connectivity index (χ4v) is 10.2. The van der Waals surface area contributed by atoms with Crippen LogP contribution in [-0.2, 0) is 70.5 Å². The van der Waals surface area contributed by atoms with Gasteiger partial charge in [-0.05, 0) is 115 Å². The molecule has 0 bridgehead atoms. The predicted molar refractivity (Wildman–Crippen MR) is 334 cm³/mol. The number of nitrogens with two attached hydrogens (primary N) is 3. The molecule has 0 saturated heterocycles. The van der Waals surface area contributed by atoms with E-state index in [9.17, 15) is 44.1 Å². The van der Waals surface area contributed by atoms with Crippen LogP contribution in [0.5, 0.6) is 5.75 Å². The third-order valence-corrected chi connectivity index (χ3v) is 15.2. The Kier molecular flexibility index (Phi) is 24.1. The second kappa shape index (κ2) is 32.0. The SMILES string of the molecule is C[C@@H](O)[C@H](NC(=O)[C@H](Cc1ccccc1)NC(=O)[C@@H](NC(=O)[C@H](CCCCN)NC(=O)[C@@H](Cc1c[nH]c2ccccc12)NC(=O)[C@H](Cc1ccc(O)cc1)NC(=O)[C@H](Cc1ccc(Cl)cc1)NC(=O)[C@H](N)Cc1ccc2ccccc2c1)[C@@H](C)O)C(N)=O. The Morgan fingerprint density at radius 3 is 1.55 bits per heavy atom. The summed E-state index contributed by atoms with van der Waals surface area (Å²) in [5, 5.41) is 53.2. The fourth-order valence-electron chi connectivity index (χ4n) is 10.1. The largest absolute Gasteiger partial charge is 0.508 e. The highest BCUT2D eigenvalue weighted by atomic mass is 35.5. The van der Waals surface area contributed by atoms with Crippen LogP contribution in [-0.4, -0.2) is 135 Å². The number of hydrogen-bond donors (Lipinski definition) is 14. The average molecular weight is 1220 g/mol. The molecule has 0 aliphatic rings. The normalized spacial score (nSPS) is 14.7. The second-order valence-electron chi connectivity index (χ2n) is 21.9. The fraction of sp³-hybridized carbons (Fsp3) is 0.323. The Labute approximate surface area is 514 Å². The van der Waals surface area contributed by atoms with Crippen LogP contribution in [0.15, 0.2) is 152 Å². The maximum atomic E-state index is 15.1. The molecule has 7 aromatic rings. The number of halogens is 1. The standard InChI is InChI=1S/C65H76ClN11O11/c1-37(78)56(58(69)81)76-64(87)54(32-39-12-4-3-5-13-39)75-65(88)57(38(2)79)77-60(83)51(18-10-11-29-67)71-63(86)55(35-45-36-70-50-17-9-8-16-48(45)50)74-62(85)53(34-41-22-27-47(80)28-23-41)73-61(84)52(33-40-20-25-46(66)26-21-40)72-59(82)49(68)31-42-19-24-43-14-6-7-15-44(43)30-42/h3-9,12-17,19-28,30,36-38,49,51-57,70,78-80H,10-11,18,29,31-35,67-68H2,1-2H3,(H2,69,81)(H,71,86)(H,72,82)(H,73,84)(H,74,85)(H,75,88)(H,76,87)(H,77,83)/t37-,38-,49-,51+,52+,53+,54+,55-,56+,57+/m1/s1. The van der Waals surface area contributed by atoms with Crippen LogP contribution in [0.2, 0.25) is 5.02 Å². The van der Waals surface area contributed by atoms with Gasteiger partial charge < -0.3 is 74.7 Å². The zero-order valence-electron chi connectivity index (χ0n) is 48.8. The number of para-hydroxylation sites is 1. The number of aliphatic hydroxyl groups is 2. The quantitative estimate of drug-likeness (QED) is 0.0278. The first kappa shape index (κ1) is 66.3. The summed E-state index contributed by atoms with van der Waals surface area (Å²) >= 11 is 6.23. The van der Waals surface area contributed by atoms with Crippen molar-refractivity contribution >= 4 is 80.5 Å². The summed E-state index contributed by atoms with van der Waals surface area (Å²) in [4.78, 5) is 117. The van der Waals surface area contributed by atoms with Crippen molar-refractivity contribution < 1.29 is 53.7 Å². The van der Waals surface area contributed by atoms with Crippen LogP contribution in [0, 0.1) is 0 Å². The van der Waals surface area contributed by atoms with E-state index in [1.54, 1.807) is 79.0 Å². The number of aromatic nitrogens is 1. The van der Waals surface area contributed by atoms with Crippen molar-refractivity contribution in [2.75, 3.05) is 6.54 Å². The van der Waals surface area contributed by atoms with E-state index in [1.165, 1.54) is 26.0 Å². The van der Waals surface area contributed by atoms with Crippen LogP contribution in [0.4, 0.5) is 0 Å². The van der Waals surface area contributed by atoms with Gasteiger partial charge in [-0.25, -0.2) is 0 Å². The van der Waals surface area contributed by atoms with Gasteiger partial charge in [-0.1, -0.05) is 127 Å². The van der Waals surface area contributed by atoms with Crippen LogP contribution in [0.25, 0.3) is 21.7 Å². The molecule has 0 aliphatic heterocycles. The Morgan fingerprint density at radius 2 is 0.955 bits per heavy atom. The van der Waals surface area contributed by atoms with E-state index in [4.69, 9.17) is 28.8 Å². The van der Waals surface area contributed by atoms with Gasteiger partial charge in [-0.2, -0.15) is 0 Å². The number of phenols is 1. The van der Waals surface area contributed by atoms with Crippen LogP contribution < -0.4 is 54.4 Å². The molecule has 0 fully saturated rings. The molecule has 0 radical (unpaired) electrons. The summed E-state index contributed by atoms with van der Waals surface area (Å²) < 4.78 is 0. The van der Waals surface area contributed by atoms with Crippen molar-refractivity contribution in [1.82, 2.24) is 42.2 Å².